The number of aliphatic carboxylic acids is 1. The van der Waals surface area contributed by atoms with Crippen molar-refractivity contribution in [2.45, 2.75) is 22.8 Å². The molecule has 0 saturated heterocycles. The number of fused-ring (bicyclic) bond motifs is 1. The van der Waals surface area contributed by atoms with E-state index in [-0.39, 0.29) is 12.2 Å². The van der Waals surface area contributed by atoms with Gasteiger partial charge in [0.05, 0.1) is 6.42 Å². The van der Waals surface area contributed by atoms with E-state index in [2.05, 4.69) is 0 Å². The number of halogens is 2. The highest BCUT2D eigenvalue weighted by molar-refractivity contribution is 7.99. The van der Waals surface area contributed by atoms with Gasteiger partial charge in [-0.2, -0.15) is 0 Å². The van der Waals surface area contributed by atoms with Crippen LogP contribution in [-0.2, 0) is 17.8 Å². The number of carbonyl (C=O) groups is 1. The number of aromatic nitrogens is 1. The molecule has 3 nitrogen and oxygen atoms in total. The summed E-state index contributed by atoms with van der Waals surface area (Å²) in [6.07, 6.45) is -0.154. The molecular weight excluding hydrogens is 409 g/mol. The van der Waals surface area contributed by atoms with Gasteiger partial charge in [-0.15, -0.1) is 0 Å². The van der Waals surface area contributed by atoms with E-state index in [0.717, 1.165) is 20.9 Å². The fraction of sp³-hybridized carbons (Fsp3) is 0.0870. The molecule has 1 N–H and O–H groups in total. The van der Waals surface area contributed by atoms with Crippen molar-refractivity contribution >= 4 is 40.2 Å². The topological polar surface area (TPSA) is 42.2 Å². The highest BCUT2D eigenvalue weighted by Gasteiger charge is 2.21. The van der Waals surface area contributed by atoms with Crippen LogP contribution in [0.2, 0.25) is 5.02 Å². The summed E-state index contributed by atoms with van der Waals surface area (Å²) in [4.78, 5) is 13.4. The normalized spacial score (nSPS) is 11.1. The molecule has 0 amide bonds. The van der Waals surface area contributed by atoms with Crippen molar-refractivity contribution in [3.8, 4) is 0 Å². The van der Waals surface area contributed by atoms with Crippen molar-refractivity contribution in [1.82, 2.24) is 4.57 Å². The maximum atomic E-state index is 14.1. The summed E-state index contributed by atoms with van der Waals surface area (Å²) in [5.41, 5.74) is 2.44. The molecule has 0 spiro atoms. The second-order valence-electron chi connectivity index (χ2n) is 6.64. The number of carboxylic acids is 1. The SMILES string of the molecule is O=C(O)Cc1c(Sc2ccccc2)c2cc(F)ccc2n1Cc1ccc(Cl)cc1. The second kappa shape index (κ2) is 8.31. The lowest BCUT2D eigenvalue weighted by Gasteiger charge is -2.11. The van der Waals surface area contributed by atoms with Gasteiger partial charge >= 0.3 is 5.97 Å². The summed E-state index contributed by atoms with van der Waals surface area (Å²) in [6.45, 7) is 0.470. The van der Waals surface area contributed by atoms with Gasteiger partial charge in [-0.25, -0.2) is 4.39 Å². The zero-order chi connectivity index (χ0) is 20.4. The highest BCUT2D eigenvalue weighted by atomic mass is 35.5. The fourth-order valence-corrected chi connectivity index (χ4v) is 4.57. The average Bonchev–Trinajstić information content (AvgIpc) is 2.96. The van der Waals surface area contributed by atoms with Crippen LogP contribution < -0.4 is 0 Å². The Morgan fingerprint density at radius 1 is 1.03 bits per heavy atom. The molecule has 0 aliphatic rings. The molecular formula is C23H17ClFNO2S. The van der Waals surface area contributed by atoms with Gasteiger partial charge in [0.15, 0.2) is 0 Å². The Bertz CT molecular complexity index is 1170. The molecule has 6 heteroatoms. The van der Waals surface area contributed by atoms with E-state index in [9.17, 15) is 14.3 Å². The van der Waals surface area contributed by atoms with Gasteiger partial charge in [0, 0.05) is 38.0 Å². The highest BCUT2D eigenvalue weighted by Crippen LogP contribution is 2.39. The first-order valence-corrected chi connectivity index (χ1v) is 10.2. The number of carboxylic acid groups (broad SMARTS) is 1. The predicted octanol–water partition coefficient (Wildman–Crippen LogP) is 6.26. The quantitative estimate of drug-likeness (QED) is 0.396. The van der Waals surface area contributed by atoms with Crippen molar-refractivity contribution in [3.63, 3.8) is 0 Å². The molecule has 146 valence electrons. The molecule has 0 atom stereocenters. The summed E-state index contributed by atoms with van der Waals surface area (Å²) in [6, 6.07) is 21.7. The summed E-state index contributed by atoms with van der Waals surface area (Å²) < 4.78 is 16.0. The van der Waals surface area contributed by atoms with Gasteiger partial charge in [-0.1, -0.05) is 53.7 Å². The maximum absolute atomic E-state index is 14.1. The summed E-state index contributed by atoms with van der Waals surface area (Å²) >= 11 is 7.45. The molecule has 0 bridgehead atoms. The molecule has 0 radical (unpaired) electrons. The van der Waals surface area contributed by atoms with Gasteiger partial charge in [0.25, 0.3) is 0 Å². The maximum Gasteiger partial charge on any atom is 0.309 e. The van der Waals surface area contributed by atoms with Crippen LogP contribution >= 0.6 is 23.4 Å². The molecule has 1 heterocycles. The van der Waals surface area contributed by atoms with Crippen LogP contribution in [0.1, 0.15) is 11.3 Å². The largest absolute Gasteiger partial charge is 0.481 e. The summed E-state index contributed by atoms with van der Waals surface area (Å²) in [5.74, 6) is -1.28. The third kappa shape index (κ3) is 4.31. The lowest BCUT2D eigenvalue weighted by Crippen LogP contribution is -2.10. The lowest BCUT2D eigenvalue weighted by molar-refractivity contribution is -0.136. The monoisotopic (exact) mass is 425 g/mol. The second-order valence-corrected chi connectivity index (χ2v) is 8.16. The Balaban J connectivity index is 1.90. The first-order valence-electron chi connectivity index (χ1n) is 9.01. The Labute approximate surface area is 176 Å². The van der Waals surface area contributed by atoms with Gasteiger partial charge in [0.2, 0.25) is 0 Å². The van der Waals surface area contributed by atoms with Gasteiger partial charge in [-0.05, 0) is 48.0 Å². The summed E-state index contributed by atoms with van der Waals surface area (Å²) in [7, 11) is 0. The Hall–Kier alpha value is -2.76. The van der Waals surface area contributed by atoms with E-state index >= 15 is 0 Å². The average molecular weight is 426 g/mol. The lowest BCUT2D eigenvalue weighted by atomic mass is 10.2. The van der Waals surface area contributed by atoms with Crippen LogP contribution in [0.4, 0.5) is 4.39 Å². The Morgan fingerprint density at radius 2 is 1.76 bits per heavy atom. The minimum Gasteiger partial charge on any atom is -0.481 e. The molecule has 0 unspecified atom stereocenters. The van der Waals surface area contributed by atoms with E-state index in [1.165, 1.54) is 23.9 Å². The van der Waals surface area contributed by atoms with E-state index < -0.39 is 5.97 Å². The van der Waals surface area contributed by atoms with Crippen molar-refractivity contribution < 1.29 is 14.3 Å². The van der Waals surface area contributed by atoms with Gasteiger partial charge in [-0.3, -0.25) is 4.79 Å². The molecule has 4 rings (SSSR count). The van der Waals surface area contributed by atoms with E-state index in [4.69, 9.17) is 11.6 Å². The number of hydrogen-bond donors (Lipinski definition) is 1. The molecule has 29 heavy (non-hydrogen) atoms. The van der Waals surface area contributed by atoms with Crippen LogP contribution in [0.3, 0.4) is 0 Å². The predicted molar refractivity (Wildman–Crippen MR) is 114 cm³/mol. The standard InChI is InChI=1S/C23H17ClFNO2S/c24-16-8-6-15(7-9-16)14-26-20-11-10-17(25)12-19(20)23(21(26)13-22(27)28)29-18-4-2-1-3-5-18/h1-12H,13-14H2,(H,27,28). The molecule has 4 aromatic rings. The van der Waals surface area contributed by atoms with E-state index in [1.807, 2.05) is 47.0 Å². The molecule has 0 aliphatic carbocycles. The van der Waals surface area contributed by atoms with Crippen molar-refractivity contribution in [2.24, 2.45) is 0 Å². The Morgan fingerprint density at radius 3 is 2.45 bits per heavy atom. The number of benzene rings is 3. The van der Waals surface area contributed by atoms with Crippen LogP contribution in [0, 0.1) is 5.82 Å². The minimum atomic E-state index is -0.930. The van der Waals surface area contributed by atoms with Crippen molar-refractivity contribution in [2.75, 3.05) is 0 Å². The van der Waals surface area contributed by atoms with Crippen LogP contribution in [-0.4, -0.2) is 15.6 Å². The first-order chi connectivity index (χ1) is 14.0. The van der Waals surface area contributed by atoms with Crippen LogP contribution in [0.15, 0.2) is 82.6 Å². The zero-order valence-electron chi connectivity index (χ0n) is 15.3. The Kier molecular flexibility index (Phi) is 5.60. The van der Waals surface area contributed by atoms with Gasteiger partial charge < -0.3 is 9.67 Å². The van der Waals surface area contributed by atoms with Crippen molar-refractivity contribution in [1.29, 1.82) is 0 Å². The zero-order valence-corrected chi connectivity index (χ0v) is 16.9. The van der Waals surface area contributed by atoms with E-state index in [1.54, 1.807) is 18.2 Å². The number of rotatable bonds is 6. The van der Waals surface area contributed by atoms with E-state index in [0.29, 0.717) is 22.6 Å². The number of hydrogen-bond acceptors (Lipinski definition) is 2. The number of nitrogens with zero attached hydrogens (tertiary/aromatic N) is 1. The molecule has 0 aliphatic heterocycles. The molecule has 3 aromatic carbocycles. The molecule has 0 saturated carbocycles. The van der Waals surface area contributed by atoms with Crippen LogP contribution in [0.5, 0.6) is 0 Å². The van der Waals surface area contributed by atoms with Gasteiger partial charge in [0.1, 0.15) is 5.82 Å². The van der Waals surface area contributed by atoms with Crippen molar-refractivity contribution in [3.05, 3.63) is 94.9 Å². The van der Waals surface area contributed by atoms with Crippen LogP contribution in [0.25, 0.3) is 10.9 Å². The molecule has 1 aromatic heterocycles. The summed E-state index contributed by atoms with van der Waals surface area (Å²) in [5, 5.41) is 10.9. The first kappa shape index (κ1) is 19.6. The smallest absolute Gasteiger partial charge is 0.309 e. The third-order valence-corrected chi connectivity index (χ3v) is 6.04. The molecule has 0 fully saturated rings. The fourth-order valence-electron chi connectivity index (χ4n) is 3.34. The third-order valence-electron chi connectivity index (χ3n) is 4.62. The minimum absolute atomic E-state index is 0.154.